The van der Waals surface area contributed by atoms with E-state index in [1.807, 2.05) is 0 Å². The molecule has 0 nitrogen and oxygen atoms in total. The van der Waals surface area contributed by atoms with Gasteiger partial charge in [-0.25, -0.2) is 0 Å². The third-order valence-electron chi connectivity index (χ3n) is 13.9. The molecule has 0 saturated heterocycles. The van der Waals surface area contributed by atoms with Crippen LogP contribution in [0.4, 0.5) is 0 Å². The van der Waals surface area contributed by atoms with Crippen molar-refractivity contribution in [3.8, 4) is 33.4 Å². The van der Waals surface area contributed by atoms with Crippen molar-refractivity contribution in [1.29, 1.82) is 0 Å². The molecular weight excluding hydrogens is 745 g/mol. The van der Waals surface area contributed by atoms with Crippen molar-refractivity contribution < 1.29 is 0 Å². The van der Waals surface area contributed by atoms with Crippen molar-refractivity contribution in [2.75, 3.05) is 0 Å². The summed E-state index contributed by atoms with van der Waals surface area (Å²) in [4.78, 5) is 0. The van der Waals surface area contributed by atoms with Gasteiger partial charge < -0.3 is 0 Å². The minimum Gasteiger partial charge on any atom is -0.0616 e. The van der Waals surface area contributed by atoms with E-state index >= 15 is 0 Å². The molecular formula is C62H36. The van der Waals surface area contributed by atoms with Gasteiger partial charge in [-0.2, -0.15) is 0 Å². The van der Waals surface area contributed by atoms with Crippen LogP contribution < -0.4 is 0 Å². The normalized spacial score (nSPS) is 12.2. The lowest BCUT2D eigenvalue weighted by Crippen LogP contribution is -1.92. The van der Waals surface area contributed by atoms with Gasteiger partial charge in [0.1, 0.15) is 0 Å². The van der Waals surface area contributed by atoms with Crippen LogP contribution in [0.2, 0.25) is 0 Å². The number of rotatable bonds is 3. The first-order chi connectivity index (χ1) is 30.7. The quantitative estimate of drug-likeness (QED) is 0.124. The lowest BCUT2D eigenvalue weighted by molar-refractivity contribution is 1.67. The fraction of sp³-hybridized carbons (Fsp3) is 0. The molecule has 0 aliphatic rings. The van der Waals surface area contributed by atoms with Crippen LogP contribution in [0.1, 0.15) is 0 Å². The van der Waals surface area contributed by atoms with E-state index in [0.717, 1.165) is 0 Å². The van der Waals surface area contributed by atoms with E-state index in [2.05, 4.69) is 218 Å². The zero-order valence-corrected chi connectivity index (χ0v) is 33.8. The first kappa shape index (κ1) is 33.7. The molecule has 14 aromatic rings. The van der Waals surface area contributed by atoms with Crippen LogP contribution in [0.15, 0.2) is 218 Å². The van der Waals surface area contributed by atoms with Crippen molar-refractivity contribution >= 4 is 108 Å². The van der Waals surface area contributed by atoms with Crippen LogP contribution in [0.5, 0.6) is 0 Å². The van der Waals surface area contributed by atoms with E-state index in [1.54, 1.807) is 0 Å². The molecule has 62 heavy (non-hydrogen) atoms. The molecule has 0 N–H and O–H groups in total. The molecule has 0 aliphatic heterocycles. The van der Waals surface area contributed by atoms with E-state index < -0.39 is 0 Å². The van der Waals surface area contributed by atoms with Crippen LogP contribution in [-0.4, -0.2) is 0 Å². The number of fused-ring (bicyclic) bond motifs is 6. The lowest BCUT2D eigenvalue weighted by Gasteiger charge is -2.19. The van der Waals surface area contributed by atoms with E-state index in [-0.39, 0.29) is 0 Å². The smallest absolute Gasteiger partial charge is 0.00199 e. The summed E-state index contributed by atoms with van der Waals surface area (Å²) in [6, 6.07) is 82.1. The zero-order chi connectivity index (χ0) is 40.5. The molecule has 0 amide bonds. The Kier molecular flexibility index (Phi) is 6.92. The number of hydrogen-bond acceptors (Lipinski definition) is 0. The second kappa shape index (κ2) is 12.7. The summed E-state index contributed by atoms with van der Waals surface area (Å²) in [6.07, 6.45) is 0. The first-order valence-electron chi connectivity index (χ1n) is 21.7. The molecule has 0 aromatic heterocycles. The monoisotopic (exact) mass is 780 g/mol. The lowest BCUT2D eigenvalue weighted by atomic mass is 9.84. The van der Waals surface area contributed by atoms with Crippen LogP contribution in [0.3, 0.4) is 0 Å². The second-order valence-electron chi connectivity index (χ2n) is 17.1. The second-order valence-corrected chi connectivity index (χ2v) is 17.1. The standard InChI is InChI=1S/C62H36/c1-2-16-47-37(11-1)12-7-21-48(47)62-53-19-5-3-17-49(53)57(50-18-4-6-20-54(50)62)44-32-30-41-33-43(29-28-42(41)34-44)46-35-45-31-27-40-14-9-23-52-51-22-8-13-38-25-26-39-15-10-24-55(60(39)58(38)51)56(36-46)61(45)59(40)52/h1-36H. The minimum atomic E-state index is 1.22. The molecule has 14 rings (SSSR count). The number of benzene rings is 13. The molecule has 0 bridgehead atoms. The average Bonchev–Trinajstić information content (AvgIpc) is 3.33. The maximum absolute atomic E-state index is 2.46. The molecule has 284 valence electrons. The van der Waals surface area contributed by atoms with Crippen molar-refractivity contribution in [2.24, 2.45) is 0 Å². The van der Waals surface area contributed by atoms with Crippen molar-refractivity contribution in [3.63, 3.8) is 0 Å². The molecule has 0 fully saturated rings. The molecule has 0 atom stereocenters. The maximum atomic E-state index is 2.46. The van der Waals surface area contributed by atoms with E-state index in [9.17, 15) is 0 Å². The zero-order valence-electron chi connectivity index (χ0n) is 33.8. The highest BCUT2D eigenvalue weighted by Gasteiger charge is 2.19. The Morgan fingerprint density at radius 3 is 1.18 bits per heavy atom. The van der Waals surface area contributed by atoms with Gasteiger partial charge >= 0.3 is 0 Å². The van der Waals surface area contributed by atoms with Crippen LogP contribution in [0, 0.1) is 0 Å². The summed E-state index contributed by atoms with van der Waals surface area (Å²) in [7, 11) is 0. The molecule has 0 spiro atoms. The fourth-order valence-corrected chi connectivity index (χ4v) is 11.2. The highest BCUT2D eigenvalue weighted by Crippen LogP contribution is 2.47. The Bertz CT molecular complexity index is 4140. The van der Waals surface area contributed by atoms with Gasteiger partial charge in [0.25, 0.3) is 0 Å². The maximum Gasteiger partial charge on any atom is -0.00199 e. The predicted molar refractivity (Wildman–Crippen MR) is 269 cm³/mol. The Balaban J connectivity index is 0.984. The molecule has 0 saturated carbocycles. The SMILES string of the molecule is c1ccc2c(-c3c4ccccc4c(-c4ccc5cc(-c6cc7ccc8cccc9c%10cccc%11ccc%12cccc(c(c6)c7c89)c%12c%11%10)ccc5c4)c4ccccc34)cccc2c1. The van der Waals surface area contributed by atoms with E-state index in [4.69, 9.17) is 0 Å². The molecule has 14 aromatic carbocycles. The summed E-state index contributed by atoms with van der Waals surface area (Å²) in [5.74, 6) is 0. The Labute approximate surface area is 357 Å². The predicted octanol–water partition coefficient (Wildman–Crippen LogP) is 17.7. The first-order valence-corrected chi connectivity index (χ1v) is 21.7. The summed E-state index contributed by atoms with van der Waals surface area (Å²) in [5, 5.41) is 25.7. The molecule has 0 radical (unpaired) electrons. The summed E-state index contributed by atoms with van der Waals surface area (Å²) in [6.45, 7) is 0. The van der Waals surface area contributed by atoms with Gasteiger partial charge in [-0.1, -0.05) is 194 Å². The van der Waals surface area contributed by atoms with Gasteiger partial charge in [0, 0.05) is 0 Å². The third-order valence-corrected chi connectivity index (χ3v) is 13.9. The summed E-state index contributed by atoms with van der Waals surface area (Å²) < 4.78 is 0. The topological polar surface area (TPSA) is 0 Å². The van der Waals surface area contributed by atoms with Crippen LogP contribution in [0.25, 0.3) is 141 Å². The molecule has 0 heterocycles. The summed E-state index contributed by atoms with van der Waals surface area (Å²) >= 11 is 0. The van der Waals surface area contributed by atoms with Gasteiger partial charge in [0.15, 0.2) is 0 Å². The molecule has 0 unspecified atom stereocenters. The Morgan fingerprint density at radius 2 is 0.565 bits per heavy atom. The van der Waals surface area contributed by atoms with Crippen molar-refractivity contribution in [1.82, 2.24) is 0 Å². The van der Waals surface area contributed by atoms with Gasteiger partial charge in [-0.3, -0.25) is 0 Å². The van der Waals surface area contributed by atoms with Crippen LogP contribution >= 0.6 is 0 Å². The van der Waals surface area contributed by atoms with E-state index in [0.29, 0.717) is 0 Å². The number of hydrogen-bond donors (Lipinski definition) is 0. The van der Waals surface area contributed by atoms with E-state index in [1.165, 1.54) is 141 Å². The summed E-state index contributed by atoms with van der Waals surface area (Å²) in [5.41, 5.74) is 7.53. The fourth-order valence-electron chi connectivity index (χ4n) is 11.2. The molecule has 0 aliphatic carbocycles. The Morgan fingerprint density at radius 1 is 0.177 bits per heavy atom. The van der Waals surface area contributed by atoms with Crippen molar-refractivity contribution in [2.45, 2.75) is 0 Å². The largest absolute Gasteiger partial charge is 0.0616 e. The van der Waals surface area contributed by atoms with Crippen molar-refractivity contribution in [3.05, 3.63) is 218 Å². The molecule has 0 heteroatoms. The minimum absolute atomic E-state index is 1.22. The van der Waals surface area contributed by atoms with Gasteiger partial charge in [-0.15, -0.1) is 0 Å². The van der Waals surface area contributed by atoms with Gasteiger partial charge in [-0.05, 0) is 165 Å². The Hall–Kier alpha value is -8.06. The van der Waals surface area contributed by atoms with Gasteiger partial charge in [0.2, 0.25) is 0 Å². The third kappa shape index (κ3) is 4.72. The van der Waals surface area contributed by atoms with Crippen LogP contribution in [-0.2, 0) is 0 Å². The van der Waals surface area contributed by atoms with Gasteiger partial charge in [0.05, 0.1) is 0 Å². The highest BCUT2D eigenvalue weighted by atomic mass is 14.2. The highest BCUT2D eigenvalue weighted by molar-refractivity contribution is 6.37. The average molecular weight is 781 g/mol.